The summed E-state index contributed by atoms with van der Waals surface area (Å²) >= 11 is 6.37. The van der Waals surface area contributed by atoms with Crippen LogP contribution >= 0.6 is 11.6 Å². The molecule has 3 saturated heterocycles. The average molecular weight is 643 g/mol. The van der Waals surface area contributed by atoms with E-state index in [2.05, 4.69) is 25.8 Å². The van der Waals surface area contributed by atoms with E-state index in [0.717, 1.165) is 57.3 Å². The minimum Gasteiger partial charge on any atom is -0.352 e. The van der Waals surface area contributed by atoms with Crippen LogP contribution in [0.5, 0.6) is 0 Å². The number of nitrogens with one attached hydrogen (secondary N) is 3. The standard InChI is InChI=1S/C31H39ClN6O5S/c32-27-17-28-22(14-29(39)36-28)13-26(27)31(41)35-23-15-24-4-5-25(16-23)38(24)44(42,43)19-20-6-11-37(12-7-20)10-2-9-34-30(40)21-3-1-8-33-18-21/h1,3,8,13,17-18,20,23-25H,2,4-7,9-12,14-16,19H2,(H,34,40)(H,35,41)(H,36,39)/t23?,24-,25+. The Morgan fingerprint density at radius 1 is 1.07 bits per heavy atom. The van der Waals surface area contributed by atoms with E-state index in [0.29, 0.717) is 36.2 Å². The Balaban J connectivity index is 0.949. The highest BCUT2D eigenvalue weighted by atomic mass is 35.5. The zero-order chi connectivity index (χ0) is 30.8. The van der Waals surface area contributed by atoms with Gasteiger partial charge in [0.25, 0.3) is 11.8 Å². The summed E-state index contributed by atoms with van der Waals surface area (Å²) in [6.07, 6.45) is 8.70. The molecule has 3 N–H and O–H groups in total. The van der Waals surface area contributed by atoms with Gasteiger partial charge in [0.05, 0.1) is 28.3 Å². The molecule has 13 heteroatoms. The number of aromatic nitrogens is 1. The monoisotopic (exact) mass is 642 g/mol. The van der Waals surface area contributed by atoms with Crippen molar-refractivity contribution in [1.82, 2.24) is 24.8 Å². The largest absolute Gasteiger partial charge is 0.352 e. The van der Waals surface area contributed by atoms with Crippen molar-refractivity contribution in [3.05, 3.63) is 58.4 Å². The lowest BCUT2D eigenvalue weighted by molar-refractivity contribution is -0.115. The lowest BCUT2D eigenvalue weighted by atomic mass is 9.99. The maximum Gasteiger partial charge on any atom is 0.253 e. The van der Waals surface area contributed by atoms with Crippen molar-refractivity contribution in [2.24, 2.45) is 5.92 Å². The normalized spacial score (nSPS) is 24.1. The smallest absolute Gasteiger partial charge is 0.253 e. The number of amides is 3. The molecule has 0 saturated carbocycles. The second kappa shape index (κ2) is 13.1. The number of anilines is 1. The fourth-order valence-corrected chi connectivity index (χ4v) is 9.90. The van der Waals surface area contributed by atoms with Gasteiger partial charge in [0.15, 0.2) is 0 Å². The molecule has 4 aliphatic heterocycles. The summed E-state index contributed by atoms with van der Waals surface area (Å²) in [5, 5.41) is 9.04. The third-order valence-electron chi connectivity index (χ3n) is 9.40. The van der Waals surface area contributed by atoms with E-state index < -0.39 is 10.0 Å². The Hall–Kier alpha value is -3.06. The van der Waals surface area contributed by atoms with Gasteiger partial charge in [-0.05, 0) is 100 Å². The van der Waals surface area contributed by atoms with Crippen LogP contribution in [0.1, 0.15) is 71.2 Å². The van der Waals surface area contributed by atoms with Gasteiger partial charge in [-0.2, -0.15) is 4.31 Å². The fraction of sp³-hybridized carbons (Fsp3) is 0.548. The number of benzene rings is 1. The number of fused-ring (bicyclic) bond motifs is 3. The van der Waals surface area contributed by atoms with Crippen molar-refractivity contribution in [2.75, 3.05) is 37.2 Å². The molecular weight excluding hydrogens is 604 g/mol. The van der Waals surface area contributed by atoms with Gasteiger partial charge in [0.2, 0.25) is 15.9 Å². The van der Waals surface area contributed by atoms with Crippen molar-refractivity contribution in [2.45, 2.75) is 69.5 Å². The SMILES string of the molecule is O=C1Cc2cc(C(=O)NC3C[C@H]4CC[C@@H](C3)N4S(=O)(=O)CC3CCN(CCCNC(=O)c4cccnc4)CC3)c(Cl)cc2N1. The molecule has 2 aromatic rings. The van der Waals surface area contributed by atoms with Gasteiger partial charge in [-0.3, -0.25) is 19.4 Å². The van der Waals surface area contributed by atoms with E-state index >= 15 is 0 Å². The first kappa shape index (κ1) is 30.9. The molecule has 236 valence electrons. The van der Waals surface area contributed by atoms with Crippen molar-refractivity contribution in [1.29, 1.82) is 0 Å². The Bertz CT molecular complexity index is 1500. The molecule has 6 rings (SSSR count). The van der Waals surface area contributed by atoms with Crippen LogP contribution in [0.4, 0.5) is 5.69 Å². The highest BCUT2D eigenvalue weighted by molar-refractivity contribution is 7.89. The highest BCUT2D eigenvalue weighted by Gasteiger charge is 2.47. The quantitative estimate of drug-likeness (QED) is 0.339. The van der Waals surface area contributed by atoms with Gasteiger partial charge in [-0.25, -0.2) is 8.42 Å². The van der Waals surface area contributed by atoms with Crippen LogP contribution in [0.2, 0.25) is 5.02 Å². The molecular formula is C31H39ClN6O5S. The van der Waals surface area contributed by atoms with Crippen LogP contribution < -0.4 is 16.0 Å². The minimum atomic E-state index is -3.43. The Morgan fingerprint density at radius 2 is 1.82 bits per heavy atom. The lowest BCUT2D eigenvalue weighted by Crippen LogP contribution is -2.53. The number of carbonyl (C=O) groups is 3. The molecule has 2 bridgehead atoms. The Morgan fingerprint density at radius 3 is 2.52 bits per heavy atom. The molecule has 1 unspecified atom stereocenters. The summed E-state index contributed by atoms with van der Waals surface area (Å²) in [6, 6.07) is 6.42. The highest BCUT2D eigenvalue weighted by Crippen LogP contribution is 2.39. The number of rotatable bonds is 10. The summed E-state index contributed by atoms with van der Waals surface area (Å²) in [4.78, 5) is 43.3. The van der Waals surface area contributed by atoms with E-state index in [1.165, 1.54) is 0 Å². The third-order valence-corrected chi connectivity index (χ3v) is 11.8. The van der Waals surface area contributed by atoms with Gasteiger partial charge in [-0.15, -0.1) is 0 Å². The first-order valence-corrected chi connectivity index (χ1v) is 17.5. The molecule has 3 atom stereocenters. The molecule has 3 amide bonds. The van der Waals surface area contributed by atoms with Crippen LogP contribution in [0, 0.1) is 5.92 Å². The molecule has 5 heterocycles. The number of carbonyl (C=O) groups excluding carboxylic acids is 3. The number of hydrogen-bond acceptors (Lipinski definition) is 7. The van der Waals surface area contributed by atoms with Gasteiger partial charge in [0.1, 0.15) is 0 Å². The van der Waals surface area contributed by atoms with Crippen LogP contribution in [0.15, 0.2) is 36.7 Å². The first-order chi connectivity index (χ1) is 21.2. The lowest BCUT2D eigenvalue weighted by Gasteiger charge is -2.39. The number of hydrogen-bond donors (Lipinski definition) is 3. The zero-order valence-corrected chi connectivity index (χ0v) is 26.2. The van der Waals surface area contributed by atoms with E-state index in [1.807, 2.05) is 0 Å². The number of halogens is 1. The number of sulfonamides is 1. The predicted molar refractivity (Wildman–Crippen MR) is 167 cm³/mol. The summed E-state index contributed by atoms with van der Waals surface area (Å²) in [5.74, 6) is -0.239. The van der Waals surface area contributed by atoms with Crippen LogP contribution in [0.3, 0.4) is 0 Å². The predicted octanol–water partition coefficient (Wildman–Crippen LogP) is 2.82. The van der Waals surface area contributed by atoms with Crippen LogP contribution in [0.25, 0.3) is 0 Å². The molecule has 44 heavy (non-hydrogen) atoms. The summed E-state index contributed by atoms with van der Waals surface area (Å²) in [7, 11) is -3.43. The number of pyridine rings is 1. The average Bonchev–Trinajstić information content (AvgIpc) is 3.51. The fourth-order valence-electron chi connectivity index (χ4n) is 7.26. The Labute approximate surface area is 263 Å². The molecule has 11 nitrogen and oxygen atoms in total. The summed E-state index contributed by atoms with van der Waals surface area (Å²) < 4.78 is 29.1. The number of nitrogens with zero attached hydrogens (tertiary/aromatic N) is 3. The van der Waals surface area contributed by atoms with E-state index in [1.54, 1.807) is 41.0 Å². The van der Waals surface area contributed by atoms with Gasteiger partial charge >= 0.3 is 0 Å². The zero-order valence-electron chi connectivity index (χ0n) is 24.6. The van der Waals surface area contributed by atoms with Crippen molar-refractivity contribution >= 4 is 45.0 Å². The van der Waals surface area contributed by atoms with Crippen molar-refractivity contribution in [3.63, 3.8) is 0 Å². The Kier molecular flexibility index (Phi) is 9.23. The van der Waals surface area contributed by atoms with Crippen molar-refractivity contribution in [3.8, 4) is 0 Å². The van der Waals surface area contributed by atoms with Gasteiger partial charge < -0.3 is 20.9 Å². The van der Waals surface area contributed by atoms with E-state index in [4.69, 9.17) is 11.6 Å². The third kappa shape index (κ3) is 6.93. The molecule has 0 spiro atoms. The topological polar surface area (TPSA) is 141 Å². The van der Waals surface area contributed by atoms with Crippen LogP contribution in [-0.2, 0) is 21.2 Å². The minimum absolute atomic E-state index is 0.108. The first-order valence-electron chi connectivity index (χ1n) is 15.5. The molecule has 4 aliphatic rings. The second-order valence-corrected chi connectivity index (χ2v) is 14.8. The van der Waals surface area contributed by atoms with Gasteiger partial charge in [0, 0.05) is 42.8 Å². The van der Waals surface area contributed by atoms with Crippen LogP contribution in [-0.4, -0.2) is 90.4 Å². The molecule has 1 aromatic carbocycles. The summed E-state index contributed by atoms with van der Waals surface area (Å²) in [5.41, 5.74) is 2.28. The molecule has 0 radical (unpaired) electrons. The van der Waals surface area contributed by atoms with E-state index in [-0.39, 0.29) is 59.0 Å². The molecule has 3 fully saturated rings. The molecule has 1 aromatic heterocycles. The molecule has 0 aliphatic carbocycles. The van der Waals surface area contributed by atoms with Crippen molar-refractivity contribution < 1.29 is 22.8 Å². The maximum atomic E-state index is 13.6. The second-order valence-electron chi connectivity index (χ2n) is 12.5. The number of piperidine rings is 2. The maximum absolute atomic E-state index is 13.6. The summed E-state index contributed by atoms with van der Waals surface area (Å²) in [6.45, 7) is 3.16. The number of likely N-dealkylation sites (tertiary alicyclic amines) is 1. The van der Waals surface area contributed by atoms with Gasteiger partial charge in [-0.1, -0.05) is 11.6 Å². The van der Waals surface area contributed by atoms with E-state index in [9.17, 15) is 22.8 Å².